The summed E-state index contributed by atoms with van der Waals surface area (Å²) in [5.74, 6) is 6.29. The quantitative estimate of drug-likeness (QED) is 0.520. The first-order valence-corrected chi connectivity index (χ1v) is 6.56. The van der Waals surface area contributed by atoms with E-state index in [0.717, 1.165) is 0 Å². The molecule has 4 nitrogen and oxygen atoms in total. The van der Waals surface area contributed by atoms with E-state index in [4.69, 9.17) is 4.74 Å². The number of phenols is 1. The summed E-state index contributed by atoms with van der Waals surface area (Å²) < 4.78 is 4.96. The number of methoxy groups -OCH3 is 1. The number of aromatic hydroxyl groups is 1. The fourth-order valence-corrected chi connectivity index (χ4v) is 1.87. The van der Waals surface area contributed by atoms with Gasteiger partial charge in [0, 0.05) is 24.7 Å². The predicted octanol–water partition coefficient (Wildman–Crippen LogP) is 2.23. The average molecular weight is 278 g/mol. The van der Waals surface area contributed by atoms with Gasteiger partial charge in [0.05, 0.1) is 12.7 Å². The van der Waals surface area contributed by atoms with Crippen LogP contribution in [0.3, 0.4) is 0 Å². The molecule has 0 aliphatic heterocycles. The second-order valence-corrected chi connectivity index (χ2v) is 4.86. The van der Waals surface area contributed by atoms with Gasteiger partial charge in [-0.25, -0.2) is 0 Å². The highest BCUT2D eigenvalue weighted by atomic mass is 32.2. The molecule has 1 aromatic rings. The Labute approximate surface area is 116 Å². The molecule has 0 spiro atoms. The molecular weight excluding hydrogens is 264 g/mol. The molecule has 0 atom stereocenters. The van der Waals surface area contributed by atoms with Crippen molar-refractivity contribution in [3.8, 4) is 23.3 Å². The Morgan fingerprint density at radius 1 is 1.53 bits per heavy atom. The van der Waals surface area contributed by atoms with Gasteiger partial charge in [0.1, 0.15) is 0 Å². The van der Waals surface area contributed by atoms with Crippen LogP contribution in [0.1, 0.15) is 29.3 Å². The van der Waals surface area contributed by atoms with Crippen molar-refractivity contribution >= 4 is 23.2 Å². The van der Waals surface area contributed by atoms with E-state index in [1.54, 1.807) is 6.07 Å². The molecule has 0 amide bonds. The van der Waals surface area contributed by atoms with Crippen LogP contribution in [0.25, 0.3) is 0 Å². The Kier molecular flexibility index (Phi) is 5.97. The van der Waals surface area contributed by atoms with Crippen LogP contribution in [0.2, 0.25) is 0 Å². The van der Waals surface area contributed by atoms with Crippen molar-refractivity contribution in [1.29, 1.82) is 0 Å². The van der Waals surface area contributed by atoms with Gasteiger partial charge < -0.3 is 9.84 Å². The van der Waals surface area contributed by atoms with Gasteiger partial charge in [0.15, 0.2) is 22.9 Å². The van der Waals surface area contributed by atoms with Crippen LogP contribution in [-0.4, -0.2) is 29.4 Å². The molecule has 0 aliphatic carbocycles. The summed E-state index contributed by atoms with van der Waals surface area (Å²) in [7, 11) is 1.43. The van der Waals surface area contributed by atoms with E-state index >= 15 is 0 Å². The minimum atomic E-state index is -0.140. The zero-order chi connectivity index (χ0) is 14.3. The fourth-order valence-electron chi connectivity index (χ4n) is 1.38. The summed E-state index contributed by atoms with van der Waals surface area (Å²) in [5.41, 5.74) is 0.562. The smallest absolute Gasteiger partial charge is 0.185 e. The van der Waals surface area contributed by atoms with Crippen molar-refractivity contribution in [1.82, 2.24) is 0 Å². The molecule has 1 N–H and O–H groups in total. The van der Waals surface area contributed by atoms with Crippen LogP contribution in [0.15, 0.2) is 12.1 Å². The Bertz CT molecular complexity index is 540. The van der Waals surface area contributed by atoms with Crippen molar-refractivity contribution in [2.75, 3.05) is 12.9 Å². The number of rotatable bonds is 4. The van der Waals surface area contributed by atoms with E-state index in [0.29, 0.717) is 24.0 Å². The number of thioether (sulfide) groups is 1. The molecule has 0 aromatic heterocycles. The maximum Gasteiger partial charge on any atom is 0.185 e. The first kappa shape index (κ1) is 15.1. The normalized spacial score (nSPS) is 9.37. The molecule has 100 valence electrons. The van der Waals surface area contributed by atoms with Gasteiger partial charge in [-0.1, -0.05) is 23.6 Å². The lowest BCUT2D eigenvalue weighted by molar-refractivity contribution is -0.109. The van der Waals surface area contributed by atoms with Gasteiger partial charge in [0.25, 0.3) is 0 Å². The first-order valence-electron chi connectivity index (χ1n) is 5.57. The highest BCUT2D eigenvalue weighted by Crippen LogP contribution is 2.31. The van der Waals surface area contributed by atoms with E-state index in [1.807, 2.05) is 0 Å². The number of ether oxygens (including phenoxy) is 1. The molecule has 0 saturated carbocycles. The van der Waals surface area contributed by atoms with Crippen molar-refractivity contribution in [3.63, 3.8) is 0 Å². The van der Waals surface area contributed by atoms with Crippen LogP contribution in [0.5, 0.6) is 11.5 Å². The Hall–Kier alpha value is -1.93. The number of carbonyl (C=O) groups is 2. The van der Waals surface area contributed by atoms with Crippen molar-refractivity contribution in [2.24, 2.45) is 0 Å². The standard InChI is InChI=1S/C14H14O4S/c1-10(16)19-8-4-3-5-12-11(9-15)6-7-13(18-2)14(12)17/h6-7,9,17H,4,8H2,1-2H3. The third kappa shape index (κ3) is 4.34. The maximum absolute atomic E-state index is 10.9. The highest BCUT2D eigenvalue weighted by molar-refractivity contribution is 8.13. The molecule has 0 heterocycles. The molecule has 1 rings (SSSR count). The lowest BCUT2D eigenvalue weighted by Gasteiger charge is -2.06. The zero-order valence-corrected chi connectivity index (χ0v) is 11.5. The van der Waals surface area contributed by atoms with Crippen molar-refractivity contribution in [3.05, 3.63) is 23.3 Å². The number of phenolic OH excluding ortho intramolecular Hbond substituents is 1. The minimum absolute atomic E-state index is 0.0413. The summed E-state index contributed by atoms with van der Waals surface area (Å²) in [6, 6.07) is 3.05. The van der Waals surface area contributed by atoms with E-state index in [9.17, 15) is 14.7 Å². The van der Waals surface area contributed by atoms with Crippen LogP contribution in [0.4, 0.5) is 0 Å². The summed E-state index contributed by atoms with van der Waals surface area (Å²) in [5, 5.41) is 9.94. The lowest BCUT2D eigenvalue weighted by atomic mass is 10.1. The summed E-state index contributed by atoms with van der Waals surface area (Å²) in [6.07, 6.45) is 1.13. The molecule has 1 aromatic carbocycles. The third-order valence-corrected chi connectivity index (χ3v) is 3.08. The minimum Gasteiger partial charge on any atom is -0.503 e. The van der Waals surface area contributed by atoms with Crippen LogP contribution >= 0.6 is 11.8 Å². The SMILES string of the molecule is COc1ccc(C=O)c(C#CCCSC(C)=O)c1O. The first-order chi connectivity index (χ1) is 9.10. The number of hydrogen-bond donors (Lipinski definition) is 1. The summed E-state index contributed by atoms with van der Waals surface area (Å²) >= 11 is 1.19. The van der Waals surface area contributed by atoms with E-state index in [2.05, 4.69) is 11.8 Å². The van der Waals surface area contributed by atoms with Gasteiger partial charge in [-0.2, -0.15) is 0 Å². The summed E-state index contributed by atoms with van der Waals surface area (Å²) in [6.45, 7) is 1.50. The second kappa shape index (κ2) is 7.49. The van der Waals surface area contributed by atoms with E-state index < -0.39 is 0 Å². The van der Waals surface area contributed by atoms with Crippen LogP contribution in [-0.2, 0) is 4.79 Å². The molecule has 0 radical (unpaired) electrons. The third-order valence-electron chi connectivity index (χ3n) is 2.27. The van der Waals surface area contributed by atoms with Crippen LogP contribution in [0, 0.1) is 11.8 Å². The van der Waals surface area contributed by atoms with Gasteiger partial charge >= 0.3 is 0 Å². The monoisotopic (exact) mass is 278 g/mol. The van der Waals surface area contributed by atoms with Gasteiger partial charge in [-0.05, 0) is 12.1 Å². The Balaban J connectivity index is 2.90. The molecule has 0 aliphatic rings. The topological polar surface area (TPSA) is 63.6 Å². The van der Waals surface area contributed by atoms with E-state index in [-0.39, 0.29) is 22.2 Å². The number of benzene rings is 1. The molecule has 19 heavy (non-hydrogen) atoms. The lowest BCUT2D eigenvalue weighted by Crippen LogP contribution is -1.92. The number of aldehydes is 1. The molecule has 0 bridgehead atoms. The van der Waals surface area contributed by atoms with Gasteiger partial charge in [-0.3, -0.25) is 9.59 Å². The molecule has 0 saturated heterocycles. The molecule has 0 unspecified atom stereocenters. The van der Waals surface area contributed by atoms with Gasteiger partial charge in [-0.15, -0.1) is 0 Å². The second-order valence-electron chi connectivity index (χ2n) is 3.59. The zero-order valence-electron chi connectivity index (χ0n) is 10.7. The largest absolute Gasteiger partial charge is 0.503 e. The Morgan fingerprint density at radius 3 is 2.84 bits per heavy atom. The van der Waals surface area contributed by atoms with Crippen molar-refractivity contribution in [2.45, 2.75) is 13.3 Å². The number of carbonyl (C=O) groups excluding carboxylic acids is 2. The van der Waals surface area contributed by atoms with E-state index in [1.165, 1.54) is 31.9 Å². The molecule has 5 heteroatoms. The summed E-state index contributed by atoms with van der Waals surface area (Å²) in [4.78, 5) is 21.6. The van der Waals surface area contributed by atoms with Crippen molar-refractivity contribution < 1.29 is 19.4 Å². The predicted molar refractivity (Wildman–Crippen MR) is 74.7 cm³/mol. The van der Waals surface area contributed by atoms with Gasteiger partial charge in [0.2, 0.25) is 0 Å². The maximum atomic E-state index is 10.9. The Morgan fingerprint density at radius 2 is 2.26 bits per heavy atom. The van der Waals surface area contributed by atoms with Crippen LogP contribution < -0.4 is 4.74 Å². The number of hydrogen-bond acceptors (Lipinski definition) is 5. The molecular formula is C14H14O4S. The highest BCUT2D eigenvalue weighted by Gasteiger charge is 2.10. The fraction of sp³-hybridized carbons (Fsp3) is 0.286. The average Bonchev–Trinajstić information content (AvgIpc) is 2.39. The molecule has 0 fully saturated rings.